The lowest BCUT2D eigenvalue weighted by atomic mass is 10.3. The molecule has 4 N–H and O–H groups in total. The van der Waals surface area contributed by atoms with Gasteiger partial charge in [0.05, 0.1) is 5.39 Å². The van der Waals surface area contributed by atoms with E-state index in [9.17, 15) is 4.21 Å². The Hall–Kier alpha value is -1.25. The van der Waals surface area contributed by atoms with Gasteiger partial charge in [0.25, 0.3) is 0 Å². The van der Waals surface area contributed by atoms with Crippen LogP contribution in [0.2, 0.25) is 0 Å². The normalized spacial score (nSPS) is 12.6. The molecule has 0 spiro atoms. The molecule has 0 saturated carbocycles. The van der Waals surface area contributed by atoms with Gasteiger partial charge in [0, 0.05) is 34.2 Å². The van der Waals surface area contributed by atoms with Gasteiger partial charge in [0.2, 0.25) is 5.95 Å². The number of aromatic nitrogens is 2. The van der Waals surface area contributed by atoms with Gasteiger partial charge in [-0.05, 0) is 13.0 Å². The summed E-state index contributed by atoms with van der Waals surface area (Å²) in [6, 6.07) is 2.03. The van der Waals surface area contributed by atoms with E-state index in [-0.39, 0.29) is 0 Å². The zero-order valence-electron chi connectivity index (χ0n) is 10.2. The first-order valence-electron chi connectivity index (χ1n) is 5.39. The lowest BCUT2D eigenvalue weighted by Crippen LogP contribution is -2.14. The topological polar surface area (TPSA) is 92.9 Å². The third-order valence-electron chi connectivity index (χ3n) is 2.33. The second kappa shape index (κ2) is 5.59. The maximum Gasteiger partial charge on any atom is 0.240 e. The lowest BCUT2D eigenvalue weighted by Gasteiger charge is -2.07. The highest BCUT2D eigenvalue weighted by atomic mass is 32.2. The SMILES string of the molecule is Cc1cc2c(NCCS(C)=O)nc(NN)nc2s1. The number of hydrogen-bond donors (Lipinski definition) is 3. The van der Waals surface area contributed by atoms with Crippen LogP contribution in [0.4, 0.5) is 11.8 Å². The van der Waals surface area contributed by atoms with Crippen LogP contribution in [-0.2, 0) is 10.8 Å². The van der Waals surface area contributed by atoms with E-state index in [2.05, 4.69) is 20.7 Å². The van der Waals surface area contributed by atoms with Gasteiger partial charge in [-0.3, -0.25) is 9.63 Å². The van der Waals surface area contributed by atoms with Crippen LogP contribution in [0.1, 0.15) is 4.88 Å². The summed E-state index contributed by atoms with van der Waals surface area (Å²) in [4.78, 5) is 10.6. The second-order valence-electron chi connectivity index (χ2n) is 3.82. The third kappa shape index (κ3) is 2.95. The molecule has 0 radical (unpaired) electrons. The molecule has 18 heavy (non-hydrogen) atoms. The summed E-state index contributed by atoms with van der Waals surface area (Å²) in [5, 5.41) is 4.14. The van der Waals surface area contributed by atoms with Gasteiger partial charge in [-0.15, -0.1) is 11.3 Å². The van der Waals surface area contributed by atoms with E-state index in [1.807, 2.05) is 13.0 Å². The molecule has 1 atom stereocenters. The minimum Gasteiger partial charge on any atom is -0.368 e. The zero-order valence-corrected chi connectivity index (χ0v) is 11.8. The van der Waals surface area contributed by atoms with Crippen molar-refractivity contribution in [2.24, 2.45) is 5.84 Å². The molecule has 2 aromatic rings. The molecular formula is C10H15N5OS2. The molecule has 0 bridgehead atoms. The van der Waals surface area contributed by atoms with Crippen molar-refractivity contribution in [3.8, 4) is 0 Å². The number of thiophene rings is 1. The molecule has 8 heteroatoms. The summed E-state index contributed by atoms with van der Waals surface area (Å²) in [6.45, 7) is 2.63. The molecular weight excluding hydrogens is 270 g/mol. The van der Waals surface area contributed by atoms with E-state index in [0.717, 1.165) is 20.9 Å². The average Bonchev–Trinajstić information content (AvgIpc) is 2.68. The van der Waals surface area contributed by atoms with Crippen molar-refractivity contribution in [1.29, 1.82) is 0 Å². The Balaban J connectivity index is 2.31. The fourth-order valence-corrected chi connectivity index (χ4v) is 2.82. The van der Waals surface area contributed by atoms with E-state index in [0.29, 0.717) is 18.2 Å². The number of aryl methyl sites for hydroxylation is 1. The van der Waals surface area contributed by atoms with Crippen molar-refractivity contribution in [1.82, 2.24) is 9.97 Å². The first-order valence-corrected chi connectivity index (χ1v) is 7.93. The number of anilines is 2. The number of rotatable bonds is 5. The summed E-state index contributed by atoms with van der Waals surface area (Å²) in [5.41, 5.74) is 2.45. The summed E-state index contributed by atoms with van der Waals surface area (Å²) in [6.07, 6.45) is 1.68. The third-order valence-corrected chi connectivity index (χ3v) is 4.05. The van der Waals surface area contributed by atoms with E-state index < -0.39 is 10.8 Å². The van der Waals surface area contributed by atoms with Gasteiger partial charge in [-0.2, -0.15) is 4.98 Å². The number of nitrogens with zero attached hydrogens (tertiary/aromatic N) is 2. The molecule has 98 valence electrons. The molecule has 6 nitrogen and oxygen atoms in total. The van der Waals surface area contributed by atoms with Crippen molar-refractivity contribution in [2.45, 2.75) is 6.92 Å². The first-order chi connectivity index (χ1) is 8.60. The number of nitrogen functional groups attached to an aromatic ring is 1. The fraction of sp³-hybridized carbons (Fsp3) is 0.400. The molecule has 1 unspecified atom stereocenters. The number of nitrogens with two attached hydrogens (primary N) is 1. The maximum atomic E-state index is 11.0. The van der Waals surface area contributed by atoms with Crippen LogP contribution in [0.3, 0.4) is 0 Å². The Kier molecular flexibility index (Phi) is 4.10. The smallest absolute Gasteiger partial charge is 0.240 e. The van der Waals surface area contributed by atoms with E-state index in [1.54, 1.807) is 17.6 Å². The summed E-state index contributed by atoms with van der Waals surface area (Å²) in [7, 11) is -0.818. The van der Waals surface area contributed by atoms with Gasteiger partial charge in [-0.25, -0.2) is 10.8 Å². The Morgan fingerprint density at radius 1 is 1.50 bits per heavy atom. The first kappa shape index (κ1) is 13.2. The number of fused-ring (bicyclic) bond motifs is 1. The fourth-order valence-electron chi connectivity index (χ4n) is 1.55. The number of hydrogen-bond acceptors (Lipinski definition) is 7. The largest absolute Gasteiger partial charge is 0.368 e. The molecule has 0 aliphatic heterocycles. The Morgan fingerprint density at radius 2 is 2.28 bits per heavy atom. The quantitative estimate of drug-likeness (QED) is 0.562. The van der Waals surface area contributed by atoms with Crippen LogP contribution in [-0.4, -0.2) is 32.7 Å². The molecule has 0 aliphatic rings. The van der Waals surface area contributed by atoms with Crippen molar-refractivity contribution in [2.75, 3.05) is 29.3 Å². The van der Waals surface area contributed by atoms with Crippen molar-refractivity contribution >= 4 is 44.1 Å². The van der Waals surface area contributed by atoms with Crippen molar-refractivity contribution in [3.05, 3.63) is 10.9 Å². The number of nitrogens with one attached hydrogen (secondary N) is 2. The highest BCUT2D eigenvalue weighted by Gasteiger charge is 2.09. The van der Waals surface area contributed by atoms with Crippen LogP contribution in [0.5, 0.6) is 0 Å². The number of hydrazine groups is 1. The average molecular weight is 285 g/mol. The van der Waals surface area contributed by atoms with E-state index in [4.69, 9.17) is 5.84 Å². The summed E-state index contributed by atoms with van der Waals surface area (Å²) >= 11 is 1.59. The van der Waals surface area contributed by atoms with Crippen LogP contribution in [0.15, 0.2) is 6.07 Å². The minimum absolute atomic E-state index is 0.379. The summed E-state index contributed by atoms with van der Waals surface area (Å²) < 4.78 is 11.0. The minimum atomic E-state index is -0.818. The van der Waals surface area contributed by atoms with Crippen molar-refractivity contribution < 1.29 is 4.21 Å². The maximum absolute atomic E-state index is 11.0. The predicted molar refractivity (Wildman–Crippen MR) is 77.4 cm³/mol. The molecule has 0 amide bonds. The van der Waals surface area contributed by atoms with Crippen LogP contribution >= 0.6 is 11.3 Å². The predicted octanol–water partition coefficient (Wildman–Crippen LogP) is 1.08. The molecule has 0 aliphatic carbocycles. The lowest BCUT2D eigenvalue weighted by molar-refractivity contribution is 0.687. The molecule has 2 heterocycles. The highest BCUT2D eigenvalue weighted by Crippen LogP contribution is 2.29. The molecule has 2 aromatic heterocycles. The highest BCUT2D eigenvalue weighted by molar-refractivity contribution is 7.84. The van der Waals surface area contributed by atoms with E-state index in [1.165, 1.54) is 0 Å². The Morgan fingerprint density at radius 3 is 2.94 bits per heavy atom. The standard InChI is InChI=1S/C10H15N5OS2/c1-6-5-7-8(12-3-4-18(2)16)13-10(15-11)14-9(7)17-6/h5H,3-4,11H2,1-2H3,(H2,12,13,14,15). The van der Waals surface area contributed by atoms with Crippen LogP contribution in [0, 0.1) is 6.92 Å². The second-order valence-corrected chi connectivity index (χ2v) is 6.61. The molecule has 2 rings (SSSR count). The van der Waals surface area contributed by atoms with Gasteiger partial charge < -0.3 is 5.32 Å². The van der Waals surface area contributed by atoms with Gasteiger partial charge >= 0.3 is 0 Å². The van der Waals surface area contributed by atoms with Gasteiger partial charge in [0.1, 0.15) is 10.6 Å². The van der Waals surface area contributed by atoms with Gasteiger partial charge in [-0.1, -0.05) is 0 Å². The van der Waals surface area contributed by atoms with E-state index >= 15 is 0 Å². The summed E-state index contributed by atoms with van der Waals surface area (Å²) in [5.74, 6) is 7.03. The monoisotopic (exact) mass is 285 g/mol. The molecule has 0 fully saturated rings. The van der Waals surface area contributed by atoms with Crippen LogP contribution in [0.25, 0.3) is 10.2 Å². The van der Waals surface area contributed by atoms with Crippen molar-refractivity contribution in [3.63, 3.8) is 0 Å². The Labute approximate surface area is 111 Å². The van der Waals surface area contributed by atoms with Gasteiger partial charge in [0.15, 0.2) is 0 Å². The van der Waals surface area contributed by atoms with Crippen LogP contribution < -0.4 is 16.6 Å². The zero-order chi connectivity index (χ0) is 13.1. The molecule has 0 saturated heterocycles. The Bertz CT molecular complexity index is 583. The molecule has 0 aromatic carbocycles.